The molecule has 0 aliphatic carbocycles. The molecule has 2 nitrogen and oxygen atoms in total. The van der Waals surface area contributed by atoms with Crippen LogP contribution in [0.25, 0.3) is 0 Å². The summed E-state index contributed by atoms with van der Waals surface area (Å²) in [6.07, 6.45) is 1.84. The molecule has 1 atom stereocenters. The van der Waals surface area contributed by atoms with Gasteiger partial charge in [0.2, 0.25) is 0 Å². The predicted octanol–water partition coefficient (Wildman–Crippen LogP) is 5.27. The minimum atomic E-state index is -4.36. The molecule has 0 spiro atoms. The Morgan fingerprint density at radius 3 is 2.24 bits per heavy atom. The van der Waals surface area contributed by atoms with E-state index in [0.29, 0.717) is 12.3 Å². The smallest absolute Gasteiger partial charge is 0.422 e. The van der Waals surface area contributed by atoms with Gasteiger partial charge in [0, 0.05) is 18.1 Å². The highest BCUT2D eigenvalue weighted by Crippen LogP contribution is 2.54. The van der Waals surface area contributed by atoms with Gasteiger partial charge < -0.3 is 9.08 Å². The maximum atomic E-state index is 12.5. The first-order valence-corrected chi connectivity index (χ1v) is 10.8. The number of nitrogens with zero attached hydrogens (tertiary/aromatic N) is 1. The fourth-order valence-electron chi connectivity index (χ4n) is 3.71. The summed E-state index contributed by atoms with van der Waals surface area (Å²) >= 11 is -0.373. The molecule has 1 heterocycles. The van der Waals surface area contributed by atoms with E-state index in [-0.39, 0.29) is 17.1 Å². The summed E-state index contributed by atoms with van der Waals surface area (Å²) in [5.41, 5.74) is -4.36. The molecule has 0 unspecified atom stereocenters. The average Bonchev–Trinajstić information content (AvgIpc) is 2.39. The summed E-state index contributed by atoms with van der Waals surface area (Å²) in [7, 11) is 0.259. The van der Waals surface area contributed by atoms with Crippen LogP contribution in [0.5, 0.6) is 0 Å². The molecule has 0 radical (unpaired) electrons. The third-order valence-corrected chi connectivity index (χ3v) is 12.4. The largest absolute Gasteiger partial charge is 0.479 e. The number of alkyl halides is 3. The Labute approximate surface area is 131 Å². The molecule has 0 fully saturated rings. The number of hydrogen-bond acceptors (Lipinski definition) is 3. The van der Waals surface area contributed by atoms with Crippen LogP contribution < -0.4 is 0 Å². The zero-order valence-corrected chi connectivity index (χ0v) is 15.3. The molecule has 0 bridgehead atoms. The Kier molecular flexibility index (Phi) is 6.26. The van der Waals surface area contributed by atoms with Gasteiger partial charge in [0.05, 0.1) is 8.07 Å². The van der Waals surface area contributed by atoms with Crippen LogP contribution in [-0.2, 0) is 4.18 Å². The maximum absolute atomic E-state index is 12.5. The maximum Gasteiger partial charge on any atom is 0.479 e. The Hall–Kier alpha value is -0.143. The molecule has 0 N–H and O–H groups in total. The molecule has 0 amide bonds. The standard InChI is InChI=1S/C14H26F3NOSSi/c1-6-21(7-2,8-3)13(4)11-18(5)10-9-12(13)19-20-14(15,16)17/h9H,6-8,10-11H2,1-5H3/t13-/m1/s1. The molecule has 0 aromatic heterocycles. The van der Waals surface area contributed by atoms with Gasteiger partial charge in [-0.25, -0.2) is 0 Å². The highest BCUT2D eigenvalue weighted by atomic mass is 32.2. The van der Waals surface area contributed by atoms with Crippen molar-refractivity contribution in [2.24, 2.45) is 0 Å². The fourth-order valence-corrected chi connectivity index (χ4v) is 9.35. The third kappa shape index (κ3) is 3.99. The molecule has 21 heavy (non-hydrogen) atoms. The summed E-state index contributed by atoms with van der Waals surface area (Å²) in [6.45, 7) is 10.0. The quantitative estimate of drug-likeness (QED) is 0.482. The van der Waals surface area contributed by atoms with Crippen molar-refractivity contribution in [3.8, 4) is 0 Å². The van der Waals surface area contributed by atoms with Gasteiger partial charge in [-0.1, -0.05) is 45.8 Å². The first-order chi connectivity index (χ1) is 9.64. The predicted molar refractivity (Wildman–Crippen MR) is 85.9 cm³/mol. The lowest BCUT2D eigenvalue weighted by Gasteiger charge is -2.50. The van der Waals surface area contributed by atoms with E-state index in [0.717, 1.165) is 24.7 Å². The molecule has 0 aromatic carbocycles. The number of rotatable bonds is 6. The lowest BCUT2D eigenvalue weighted by atomic mass is 10.0. The number of hydrogen-bond donors (Lipinski definition) is 0. The van der Waals surface area contributed by atoms with E-state index in [1.807, 2.05) is 13.1 Å². The van der Waals surface area contributed by atoms with Crippen LogP contribution in [0.15, 0.2) is 11.8 Å². The van der Waals surface area contributed by atoms with Crippen LogP contribution in [0.4, 0.5) is 13.2 Å². The molecular weight excluding hydrogens is 315 g/mol. The van der Waals surface area contributed by atoms with Crippen molar-refractivity contribution in [2.45, 2.75) is 56.4 Å². The van der Waals surface area contributed by atoms with Gasteiger partial charge in [0.15, 0.2) is 12.0 Å². The van der Waals surface area contributed by atoms with Gasteiger partial charge in [-0.2, -0.15) is 13.2 Å². The first kappa shape index (κ1) is 18.9. The van der Waals surface area contributed by atoms with Crippen LogP contribution in [0.1, 0.15) is 27.7 Å². The molecule has 1 aliphatic heterocycles. The fraction of sp³-hybridized carbons (Fsp3) is 0.857. The minimum Gasteiger partial charge on any atom is -0.422 e. The van der Waals surface area contributed by atoms with E-state index < -0.39 is 13.6 Å². The summed E-state index contributed by atoms with van der Waals surface area (Å²) in [5, 5.41) is -0.267. The van der Waals surface area contributed by atoms with E-state index in [1.54, 1.807) is 0 Å². The summed E-state index contributed by atoms with van der Waals surface area (Å²) in [5.74, 6) is 0.542. The van der Waals surface area contributed by atoms with Crippen molar-refractivity contribution in [3.05, 3.63) is 11.8 Å². The van der Waals surface area contributed by atoms with Crippen molar-refractivity contribution < 1.29 is 17.4 Å². The SMILES string of the molecule is CC[Si](CC)(CC)[C@]1(C)CN(C)CC=C1OSC(F)(F)F. The molecule has 0 aromatic rings. The van der Waals surface area contributed by atoms with Crippen LogP contribution in [-0.4, -0.2) is 38.6 Å². The van der Waals surface area contributed by atoms with Crippen molar-refractivity contribution in [3.63, 3.8) is 0 Å². The second kappa shape index (κ2) is 6.96. The van der Waals surface area contributed by atoms with E-state index in [1.165, 1.54) is 0 Å². The molecular formula is C14H26F3NOSSi. The molecule has 1 aliphatic rings. The zero-order chi connectivity index (χ0) is 16.3. The second-order valence-corrected chi connectivity index (χ2v) is 12.6. The van der Waals surface area contributed by atoms with Crippen LogP contribution >= 0.6 is 12.0 Å². The lowest BCUT2D eigenvalue weighted by Crippen LogP contribution is -2.53. The molecule has 0 saturated heterocycles. The Morgan fingerprint density at radius 1 is 1.29 bits per heavy atom. The van der Waals surface area contributed by atoms with Crippen molar-refractivity contribution in [2.75, 3.05) is 20.1 Å². The van der Waals surface area contributed by atoms with Gasteiger partial charge in [-0.3, -0.25) is 0 Å². The average molecular weight is 342 g/mol. The third-order valence-electron chi connectivity index (χ3n) is 5.15. The molecule has 1 rings (SSSR count). The monoisotopic (exact) mass is 341 g/mol. The van der Waals surface area contributed by atoms with Crippen molar-refractivity contribution in [1.29, 1.82) is 0 Å². The lowest BCUT2D eigenvalue weighted by molar-refractivity contribution is -0.0388. The van der Waals surface area contributed by atoms with Crippen molar-refractivity contribution in [1.82, 2.24) is 4.90 Å². The van der Waals surface area contributed by atoms with Gasteiger partial charge >= 0.3 is 5.51 Å². The first-order valence-electron chi connectivity index (χ1n) is 7.45. The summed E-state index contributed by atoms with van der Waals surface area (Å²) in [4.78, 5) is 2.17. The van der Waals surface area contributed by atoms with Gasteiger partial charge in [0.25, 0.3) is 0 Å². The molecule has 124 valence electrons. The summed E-state index contributed by atoms with van der Waals surface area (Å²) < 4.78 is 42.7. The summed E-state index contributed by atoms with van der Waals surface area (Å²) in [6, 6.07) is 3.17. The Morgan fingerprint density at radius 2 is 1.81 bits per heavy atom. The highest BCUT2D eigenvalue weighted by molar-refractivity contribution is 7.95. The molecule has 0 saturated carbocycles. The Balaban J connectivity index is 3.13. The van der Waals surface area contributed by atoms with Crippen LogP contribution in [0, 0.1) is 0 Å². The van der Waals surface area contributed by atoms with Gasteiger partial charge in [0.1, 0.15) is 5.76 Å². The van der Waals surface area contributed by atoms with Gasteiger partial charge in [-0.05, 0) is 13.1 Å². The highest BCUT2D eigenvalue weighted by Gasteiger charge is 2.52. The van der Waals surface area contributed by atoms with E-state index in [4.69, 9.17) is 4.18 Å². The number of halogens is 3. The van der Waals surface area contributed by atoms with E-state index in [2.05, 4.69) is 32.6 Å². The van der Waals surface area contributed by atoms with Crippen molar-refractivity contribution >= 4 is 20.1 Å². The van der Waals surface area contributed by atoms with E-state index >= 15 is 0 Å². The number of likely N-dealkylation sites (N-methyl/N-ethyl adjacent to an activating group) is 1. The second-order valence-electron chi connectivity index (χ2n) is 6.05. The van der Waals surface area contributed by atoms with Crippen LogP contribution in [0.2, 0.25) is 23.2 Å². The topological polar surface area (TPSA) is 12.5 Å². The molecule has 7 heteroatoms. The zero-order valence-electron chi connectivity index (χ0n) is 13.5. The minimum absolute atomic E-state index is 0.267. The Bertz CT molecular complexity index is 377. The van der Waals surface area contributed by atoms with Crippen LogP contribution in [0.3, 0.4) is 0 Å². The van der Waals surface area contributed by atoms with Gasteiger partial charge in [-0.15, -0.1) is 0 Å². The van der Waals surface area contributed by atoms with E-state index in [9.17, 15) is 13.2 Å². The normalized spacial score (nSPS) is 24.9.